The van der Waals surface area contributed by atoms with Crippen LogP contribution in [-0.4, -0.2) is 27.2 Å². The predicted octanol–water partition coefficient (Wildman–Crippen LogP) is 23.9. The van der Waals surface area contributed by atoms with E-state index in [1.54, 1.807) is 0 Å². The lowest BCUT2D eigenvalue weighted by Gasteiger charge is -2.35. The normalized spacial score (nSPS) is 17.8. The Kier molecular flexibility index (Phi) is 27.4. The molecule has 4 unspecified atom stereocenters. The van der Waals surface area contributed by atoms with E-state index in [1.807, 2.05) is 0 Å². The minimum Gasteiger partial charge on any atom is -0.457 e. The van der Waals surface area contributed by atoms with Gasteiger partial charge in [-0.15, -0.1) is 0 Å². The Morgan fingerprint density at radius 2 is 0.435 bits per heavy atom. The first-order chi connectivity index (χ1) is 42.0. The van der Waals surface area contributed by atoms with Gasteiger partial charge in [0.2, 0.25) is 27.2 Å². The minimum absolute atomic E-state index is 0.0114. The molecule has 4 aromatic rings. The van der Waals surface area contributed by atoms with Crippen LogP contribution in [0.3, 0.4) is 0 Å². The first-order valence-electron chi connectivity index (χ1n) is 35.4. The van der Waals surface area contributed by atoms with E-state index in [4.69, 9.17) is 37.9 Å². The summed E-state index contributed by atoms with van der Waals surface area (Å²) in [5, 5.41) is 0. The van der Waals surface area contributed by atoms with Crippen molar-refractivity contribution in [2.24, 2.45) is 0 Å². The fraction of sp³-hybridized carbons (Fsp3) is 0.684. The van der Waals surface area contributed by atoms with Crippen LogP contribution >= 0.6 is 15.9 Å². The predicted molar refractivity (Wildman–Crippen MR) is 353 cm³/mol. The molecule has 85 heavy (non-hydrogen) atoms. The van der Waals surface area contributed by atoms with Gasteiger partial charge in [0.05, 0.1) is 0 Å². The lowest BCUT2D eigenvalue weighted by Crippen LogP contribution is -2.22. The lowest BCUT2D eigenvalue weighted by atomic mass is 9.76. The molecule has 4 heterocycles. The van der Waals surface area contributed by atoms with Crippen LogP contribution in [0.1, 0.15) is 353 Å². The minimum atomic E-state index is -0.0114. The molecule has 9 heteroatoms. The fourth-order valence-corrected chi connectivity index (χ4v) is 15.5. The monoisotopic (exact) mass is 1230 g/mol. The van der Waals surface area contributed by atoms with Crippen molar-refractivity contribution in [1.29, 1.82) is 0 Å². The molecule has 1 aliphatic carbocycles. The average Bonchev–Trinajstić information content (AvgIpc) is 3.64. The van der Waals surface area contributed by atoms with Crippen molar-refractivity contribution in [2.75, 3.05) is 27.2 Å². The Morgan fingerprint density at radius 3 is 0.671 bits per heavy atom. The van der Waals surface area contributed by atoms with Crippen LogP contribution in [0.15, 0.2) is 46.9 Å². The molecule has 9 rings (SSSR count). The van der Waals surface area contributed by atoms with Crippen LogP contribution in [0.5, 0.6) is 46.0 Å². The summed E-state index contributed by atoms with van der Waals surface area (Å²) < 4.78 is 55.6. The average molecular weight is 1230 g/mol. The van der Waals surface area contributed by atoms with Gasteiger partial charge in [-0.2, -0.15) is 0 Å². The van der Waals surface area contributed by atoms with E-state index < -0.39 is 0 Å². The highest BCUT2D eigenvalue weighted by molar-refractivity contribution is 9.10. The van der Waals surface area contributed by atoms with E-state index in [-0.39, 0.29) is 50.8 Å². The Morgan fingerprint density at radius 1 is 0.247 bits per heavy atom. The van der Waals surface area contributed by atoms with E-state index in [0.29, 0.717) is 0 Å². The summed E-state index contributed by atoms with van der Waals surface area (Å²) >= 11 is 4.24. The molecule has 0 fully saturated rings. The summed E-state index contributed by atoms with van der Waals surface area (Å²) in [5.41, 5.74) is 9.77. The first-order valence-corrected chi connectivity index (χ1v) is 36.2. The Labute approximate surface area is 523 Å². The summed E-state index contributed by atoms with van der Waals surface area (Å²) in [4.78, 5) is 0. The van der Waals surface area contributed by atoms with Crippen molar-refractivity contribution >= 4 is 15.9 Å². The van der Waals surface area contributed by atoms with Gasteiger partial charge in [-0.05, 0) is 65.9 Å². The van der Waals surface area contributed by atoms with Crippen LogP contribution in [0.2, 0.25) is 0 Å². The highest BCUT2D eigenvalue weighted by Gasteiger charge is 2.38. The van der Waals surface area contributed by atoms with Gasteiger partial charge in [-0.25, -0.2) is 0 Å². The topological polar surface area (TPSA) is 73.8 Å². The molecule has 8 nitrogen and oxygen atoms in total. The molecule has 4 atom stereocenters. The summed E-state index contributed by atoms with van der Waals surface area (Å²) in [7, 11) is 0. The summed E-state index contributed by atoms with van der Waals surface area (Å²) in [5.74, 6) is 6.67. The highest BCUT2D eigenvalue weighted by Crippen LogP contribution is 2.57. The highest BCUT2D eigenvalue weighted by atomic mass is 79.9. The summed E-state index contributed by atoms with van der Waals surface area (Å²) in [6.07, 6.45) is 49.9. The molecule has 4 aromatic carbocycles. The van der Waals surface area contributed by atoms with Crippen LogP contribution < -0.4 is 37.9 Å². The van der Waals surface area contributed by atoms with Gasteiger partial charge < -0.3 is 37.9 Å². The largest absolute Gasteiger partial charge is 0.457 e. The smallest absolute Gasteiger partial charge is 0.230 e. The third kappa shape index (κ3) is 18.0. The number of ether oxygens (including phenoxy) is 8. The maximum Gasteiger partial charge on any atom is 0.230 e. The van der Waals surface area contributed by atoms with Crippen LogP contribution in [-0.2, 0) is 0 Å². The number of unbranched alkanes of at least 4 members (excludes halogenated alkanes) is 32. The second-order valence-electron chi connectivity index (χ2n) is 26.1. The molecular formula is C76H111BrO8. The van der Waals surface area contributed by atoms with Gasteiger partial charge in [0.1, 0.15) is 50.5 Å². The summed E-state index contributed by atoms with van der Waals surface area (Å²) in [6.45, 7) is 9.51. The Hall–Kier alpha value is -4.24. The van der Waals surface area contributed by atoms with E-state index >= 15 is 0 Å². The van der Waals surface area contributed by atoms with E-state index in [2.05, 4.69) is 86.1 Å². The van der Waals surface area contributed by atoms with Crippen LogP contribution in [0, 0.1) is 0 Å². The third-order valence-electron chi connectivity index (χ3n) is 19.7. The lowest BCUT2D eigenvalue weighted by molar-refractivity contribution is 0.0977. The van der Waals surface area contributed by atoms with Crippen molar-refractivity contribution < 1.29 is 37.9 Å². The molecule has 0 N–H and O–H groups in total. The number of benzene rings is 4. The van der Waals surface area contributed by atoms with Gasteiger partial charge in [0, 0.05) is 86.4 Å². The molecule has 4 aliphatic heterocycles. The second-order valence-corrected chi connectivity index (χ2v) is 26.9. The molecule has 0 amide bonds. The first kappa shape index (κ1) is 65.2. The Balaban J connectivity index is 1.19. The quantitative estimate of drug-likeness (QED) is 0.0408. The van der Waals surface area contributed by atoms with Gasteiger partial charge in [0.25, 0.3) is 0 Å². The van der Waals surface area contributed by atoms with Gasteiger partial charge in [-0.1, -0.05) is 259 Å². The molecule has 0 saturated heterocycles. The zero-order valence-corrected chi connectivity index (χ0v) is 55.2. The molecule has 5 aliphatic rings. The maximum atomic E-state index is 6.90. The van der Waals surface area contributed by atoms with E-state index in [9.17, 15) is 0 Å². The molecule has 0 aromatic heterocycles. The molecule has 0 saturated carbocycles. The molecule has 0 spiro atoms. The fourth-order valence-electron chi connectivity index (χ4n) is 14.8. The van der Waals surface area contributed by atoms with Crippen molar-refractivity contribution in [3.8, 4) is 46.0 Å². The zero-order valence-electron chi connectivity index (χ0n) is 53.6. The van der Waals surface area contributed by atoms with Crippen LogP contribution in [0.4, 0.5) is 0 Å². The van der Waals surface area contributed by atoms with Crippen LogP contribution in [0.25, 0.3) is 0 Å². The van der Waals surface area contributed by atoms with E-state index in [1.165, 1.54) is 250 Å². The molecule has 0 radical (unpaired) electrons. The maximum absolute atomic E-state index is 6.90. The second kappa shape index (κ2) is 35.7. The van der Waals surface area contributed by atoms with Gasteiger partial charge >= 0.3 is 0 Å². The van der Waals surface area contributed by atoms with E-state index in [0.717, 1.165) is 102 Å². The van der Waals surface area contributed by atoms with Crippen molar-refractivity contribution in [2.45, 2.75) is 308 Å². The zero-order chi connectivity index (χ0) is 58.8. The number of rotatable bonds is 40. The Bertz CT molecular complexity index is 2460. The van der Waals surface area contributed by atoms with Gasteiger partial charge in [-0.3, -0.25) is 0 Å². The number of hydrogen-bond donors (Lipinski definition) is 0. The molecule has 470 valence electrons. The molecule has 8 bridgehead atoms. The standard InChI is InChI=1S/C76H111BrO8/c1-5-9-13-17-21-25-29-33-37-41-56-60-45-61-57(42-38-34-30-26-22-18-14-10-6-2)63-47-65-59(44-40-36-32-28-24-20-16-12-8-4)67-48-66-58(43-39-35-31-27-23-19-15-11-7-3)64-46-62(56)70-50-72(64)82-54-84-75(66)74(77)76(67)85-55-83-73(65)51-71(63)81-53-79-69(61)49-68(60)78-52-80-70/h45-51,56-59H,5-44,52-55H2,1-4H3. The number of halogens is 1. The summed E-state index contributed by atoms with van der Waals surface area (Å²) in [6, 6.07) is 16.7. The third-order valence-corrected chi connectivity index (χ3v) is 20.5. The molecular weight excluding hydrogens is 1120 g/mol. The van der Waals surface area contributed by atoms with Crippen molar-refractivity contribution in [1.82, 2.24) is 0 Å². The van der Waals surface area contributed by atoms with Crippen molar-refractivity contribution in [3.05, 3.63) is 91.4 Å². The van der Waals surface area contributed by atoms with Crippen molar-refractivity contribution in [3.63, 3.8) is 0 Å². The SMILES string of the molecule is CCCCCCCCCCCC1c2cc3c4cc2OCOc2cc5c(cc21)C(CCCCCCCCCCC)c1cc2c(c(Br)c1OCO5)OCOc1cc(c(cc1C2CCCCCCCCCCC)C3CCCCCCCCCCC)OCO4. The van der Waals surface area contributed by atoms with Gasteiger partial charge in [0.15, 0.2) is 0 Å². The number of hydrogen-bond acceptors (Lipinski definition) is 8.